The summed E-state index contributed by atoms with van der Waals surface area (Å²) in [6.45, 7) is 0. The largest absolute Gasteiger partial charge is 0.369 e. The van der Waals surface area contributed by atoms with E-state index in [1.807, 2.05) is 12.1 Å². The van der Waals surface area contributed by atoms with E-state index in [0.717, 1.165) is 11.3 Å². The number of fused-ring (bicyclic) bond motifs is 1. The Labute approximate surface area is 217 Å². The number of nitro groups is 1. The quantitative estimate of drug-likeness (QED) is 0.116. The van der Waals surface area contributed by atoms with Crippen molar-refractivity contribution in [2.45, 2.75) is 6.42 Å². The normalized spacial score (nSPS) is 10.5. The molecule has 0 fully saturated rings. The summed E-state index contributed by atoms with van der Waals surface area (Å²) in [5.41, 5.74) is 14.5. The first kappa shape index (κ1) is 26.6. The fraction of sp³-hybridized carbons (Fsp3) is 0.0400. The van der Waals surface area contributed by atoms with Crippen LogP contribution in [0.25, 0.3) is 10.9 Å². The van der Waals surface area contributed by atoms with Crippen LogP contribution in [0.15, 0.2) is 89.2 Å². The van der Waals surface area contributed by atoms with Crippen molar-refractivity contribution in [3.05, 3.63) is 100 Å². The highest BCUT2D eigenvalue weighted by Gasteiger charge is 2.11. The van der Waals surface area contributed by atoms with Crippen LogP contribution in [-0.4, -0.2) is 28.0 Å². The molecule has 3 aromatic carbocycles. The number of nitro benzene ring substituents is 1. The molecule has 0 unspecified atom stereocenters. The van der Waals surface area contributed by atoms with Crippen molar-refractivity contribution in [2.24, 2.45) is 21.7 Å². The SMILES string of the molecule is Cl.NC(N)=N/N=C/Cc1ccc(NC(=O)c2ccc(Nc3ccnc4ccc([N+](=O)[O-])cc34)cc2)cc1. The van der Waals surface area contributed by atoms with Gasteiger partial charge in [-0.25, -0.2) is 0 Å². The Hall–Kier alpha value is -5.03. The molecule has 4 rings (SSSR count). The van der Waals surface area contributed by atoms with Gasteiger partial charge in [0.2, 0.25) is 5.96 Å². The van der Waals surface area contributed by atoms with Crippen molar-refractivity contribution in [3.8, 4) is 0 Å². The Morgan fingerprint density at radius 2 is 1.70 bits per heavy atom. The van der Waals surface area contributed by atoms with Crippen LogP contribution in [-0.2, 0) is 6.42 Å². The van der Waals surface area contributed by atoms with Gasteiger partial charge >= 0.3 is 0 Å². The number of nitrogens with two attached hydrogens (primary N) is 2. The molecule has 0 bridgehead atoms. The molecule has 0 aliphatic heterocycles. The first-order chi connectivity index (χ1) is 17.4. The Morgan fingerprint density at radius 1 is 1.00 bits per heavy atom. The fourth-order valence-electron chi connectivity index (χ4n) is 3.40. The summed E-state index contributed by atoms with van der Waals surface area (Å²) in [6.07, 6.45) is 3.75. The Kier molecular flexibility index (Phi) is 8.68. The van der Waals surface area contributed by atoms with Crippen LogP contribution in [0.5, 0.6) is 0 Å². The Bertz CT molecular complexity index is 1470. The minimum absolute atomic E-state index is 0. The van der Waals surface area contributed by atoms with Crippen LogP contribution >= 0.6 is 12.4 Å². The van der Waals surface area contributed by atoms with E-state index in [1.54, 1.807) is 60.9 Å². The fourth-order valence-corrected chi connectivity index (χ4v) is 3.40. The van der Waals surface area contributed by atoms with Gasteiger partial charge in [-0.05, 0) is 54.1 Å². The van der Waals surface area contributed by atoms with E-state index in [1.165, 1.54) is 12.1 Å². The summed E-state index contributed by atoms with van der Waals surface area (Å²) in [5.74, 6) is -0.362. The minimum Gasteiger partial charge on any atom is -0.369 e. The van der Waals surface area contributed by atoms with E-state index >= 15 is 0 Å². The number of halogens is 1. The third-order valence-corrected chi connectivity index (χ3v) is 5.16. The van der Waals surface area contributed by atoms with Crippen molar-refractivity contribution in [2.75, 3.05) is 10.6 Å². The molecule has 4 aromatic rings. The summed E-state index contributed by atoms with van der Waals surface area (Å²) in [5, 5.41) is 25.1. The molecular weight excluding hydrogens is 496 g/mol. The highest BCUT2D eigenvalue weighted by molar-refractivity contribution is 6.04. The number of nitrogens with one attached hydrogen (secondary N) is 2. The summed E-state index contributed by atoms with van der Waals surface area (Å²) in [6, 6.07) is 20.5. The lowest BCUT2D eigenvalue weighted by Crippen LogP contribution is -2.21. The summed E-state index contributed by atoms with van der Waals surface area (Å²) in [7, 11) is 0. The van der Waals surface area contributed by atoms with Crippen LogP contribution in [0.1, 0.15) is 15.9 Å². The van der Waals surface area contributed by atoms with Crippen LogP contribution in [0.2, 0.25) is 0 Å². The first-order valence-electron chi connectivity index (χ1n) is 10.8. The molecule has 0 spiro atoms. The van der Waals surface area contributed by atoms with Crippen LogP contribution in [0.3, 0.4) is 0 Å². The average Bonchev–Trinajstić information content (AvgIpc) is 2.88. The maximum Gasteiger partial charge on any atom is 0.270 e. The molecule has 1 aromatic heterocycles. The van der Waals surface area contributed by atoms with Crippen LogP contribution in [0.4, 0.5) is 22.7 Å². The van der Waals surface area contributed by atoms with Crippen molar-refractivity contribution >= 4 is 64.1 Å². The molecule has 0 aliphatic rings. The third-order valence-electron chi connectivity index (χ3n) is 5.16. The zero-order valence-electron chi connectivity index (χ0n) is 19.4. The standard InChI is InChI=1S/C25H22N8O3.ClH/c26-25(27)32-29-14-11-16-1-5-19(6-2-16)31-24(34)17-3-7-18(8-4-17)30-23-12-13-28-22-10-9-20(33(35)36)15-21(22)23;/h1-10,12-15H,11H2,(H,28,30)(H,31,34)(H4,26,27,32);1H/b29-14+;. The predicted molar refractivity (Wildman–Crippen MR) is 148 cm³/mol. The summed E-state index contributed by atoms with van der Waals surface area (Å²) in [4.78, 5) is 27.6. The van der Waals surface area contributed by atoms with Gasteiger partial charge < -0.3 is 22.1 Å². The van der Waals surface area contributed by atoms with Crippen molar-refractivity contribution in [3.63, 3.8) is 0 Å². The molecule has 0 saturated carbocycles. The van der Waals surface area contributed by atoms with E-state index < -0.39 is 4.92 Å². The number of nitrogens with zero attached hydrogens (tertiary/aromatic N) is 4. The number of rotatable bonds is 8. The van der Waals surface area contributed by atoms with E-state index in [0.29, 0.717) is 34.3 Å². The van der Waals surface area contributed by atoms with E-state index in [9.17, 15) is 14.9 Å². The molecule has 37 heavy (non-hydrogen) atoms. The smallest absolute Gasteiger partial charge is 0.270 e. The van der Waals surface area contributed by atoms with E-state index in [2.05, 4.69) is 25.8 Å². The zero-order valence-corrected chi connectivity index (χ0v) is 20.2. The van der Waals surface area contributed by atoms with Crippen LogP contribution in [0, 0.1) is 10.1 Å². The second-order valence-electron chi connectivity index (χ2n) is 7.70. The van der Waals surface area contributed by atoms with Gasteiger partial charge in [-0.2, -0.15) is 5.10 Å². The number of aromatic nitrogens is 1. The minimum atomic E-state index is -0.444. The van der Waals surface area contributed by atoms with Crippen molar-refractivity contribution in [1.29, 1.82) is 0 Å². The molecule has 0 aliphatic carbocycles. The molecule has 6 N–H and O–H groups in total. The van der Waals surface area contributed by atoms with Gasteiger partial charge in [-0.15, -0.1) is 17.5 Å². The number of non-ortho nitro benzene ring substituents is 1. The van der Waals surface area contributed by atoms with Gasteiger partial charge in [0.25, 0.3) is 11.6 Å². The van der Waals surface area contributed by atoms with E-state index in [4.69, 9.17) is 11.5 Å². The molecular formula is C25H23ClN8O3. The van der Waals surface area contributed by atoms with Crippen LogP contribution < -0.4 is 22.1 Å². The third kappa shape index (κ3) is 6.99. The molecule has 1 amide bonds. The first-order valence-corrected chi connectivity index (χ1v) is 10.8. The number of pyridine rings is 1. The molecule has 0 radical (unpaired) electrons. The second kappa shape index (κ2) is 12.1. The highest BCUT2D eigenvalue weighted by atomic mass is 35.5. The molecule has 0 atom stereocenters. The zero-order chi connectivity index (χ0) is 25.5. The molecule has 1 heterocycles. The average molecular weight is 519 g/mol. The van der Waals surface area contributed by atoms with E-state index in [-0.39, 0.29) is 30.0 Å². The number of carbonyl (C=O) groups excluding carboxylic acids is 1. The lowest BCUT2D eigenvalue weighted by Gasteiger charge is -2.10. The van der Waals surface area contributed by atoms with Gasteiger partial charge in [-0.1, -0.05) is 12.1 Å². The number of guanidine groups is 1. The Morgan fingerprint density at radius 3 is 2.38 bits per heavy atom. The number of benzene rings is 3. The van der Waals surface area contributed by atoms with Gasteiger partial charge in [0.05, 0.1) is 10.4 Å². The molecule has 11 nitrogen and oxygen atoms in total. The summed E-state index contributed by atoms with van der Waals surface area (Å²) >= 11 is 0. The van der Waals surface area contributed by atoms with Gasteiger partial charge in [0.1, 0.15) is 0 Å². The van der Waals surface area contributed by atoms with Gasteiger partial charge in [0, 0.05) is 59.0 Å². The number of hydrogen-bond acceptors (Lipinski definition) is 7. The lowest BCUT2D eigenvalue weighted by atomic mass is 10.1. The second-order valence-corrected chi connectivity index (χ2v) is 7.70. The Balaban J connectivity index is 0.00000380. The van der Waals surface area contributed by atoms with Crippen molar-refractivity contribution < 1.29 is 9.72 Å². The molecule has 188 valence electrons. The maximum atomic E-state index is 12.7. The number of hydrogen-bond donors (Lipinski definition) is 4. The molecule has 0 saturated heterocycles. The number of anilines is 3. The predicted octanol–water partition coefficient (Wildman–Crippen LogP) is 4.36. The topological polar surface area (TPSA) is 174 Å². The van der Waals surface area contributed by atoms with Crippen molar-refractivity contribution in [1.82, 2.24) is 4.98 Å². The van der Waals surface area contributed by atoms with Gasteiger partial charge in [0.15, 0.2) is 0 Å². The summed E-state index contributed by atoms with van der Waals surface area (Å²) < 4.78 is 0. The highest BCUT2D eigenvalue weighted by Crippen LogP contribution is 2.28. The monoisotopic (exact) mass is 518 g/mol. The lowest BCUT2D eigenvalue weighted by molar-refractivity contribution is -0.384. The maximum absolute atomic E-state index is 12.7. The number of amides is 1. The molecule has 12 heteroatoms. The van der Waals surface area contributed by atoms with Gasteiger partial charge in [-0.3, -0.25) is 19.9 Å². The number of carbonyl (C=O) groups is 1.